The van der Waals surface area contributed by atoms with E-state index in [9.17, 15) is 0 Å². The maximum Gasteiger partial charge on any atom is 0.226 e. The molecule has 0 bridgehead atoms. The molecule has 1 heterocycles. The third-order valence-corrected chi connectivity index (χ3v) is 2.49. The van der Waals surface area contributed by atoms with E-state index in [0.29, 0.717) is 24.7 Å². The normalized spacial score (nSPS) is 13.1. The van der Waals surface area contributed by atoms with Gasteiger partial charge in [-0.05, 0) is 41.0 Å². The van der Waals surface area contributed by atoms with Gasteiger partial charge in [0.05, 0.1) is 0 Å². The lowest BCUT2D eigenvalue weighted by Crippen LogP contribution is -2.32. The highest BCUT2D eigenvalue weighted by atomic mass is 16.5. The summed E-state index contributed by atoms with van der Waals surface area (Å²) in [4.78, 5) is 4.35. The summed E-state index contributed by atoms with van der Waals surface area (Å²) >= 11 is 0. The van der Waals surface area contributed by atoms with E-state index in [1.54, 1.807) is 0 Å². The maximum absolute atomic E-state index is 5.91. The Labute approximate surface area is 103 Å². The van der Waals surface area contributed by atoms with Crippen molar-refractivity contribution < 1.29 is 9.26 Å². The molecule has 1 aromatic heterocycles. The van der Waals surface area contributed by atoms with Gasteiger partial charge in [-0.1, -0.05) is 5.16 Å². The van der Waals surface area contributed by atoms with Gasteiger partial charge >= 0.3 is 0 Å². The van der Waals surface area contributed by atoms with Gasteiger partial charge in [0.25, 0.3) is 0 Å². The molecule has 0 unspecified atom stereocenters. The summed E-state index contributed by atoms with van der Waals surface area (Å²) in [5.74, 6) is 1.20. The van der Waals surface area contributed by atoms with Crippen molar-refractivity contribution in [1.29, 1.82) is 0 Å². The Morgan fingerprint density at radius 1 is 1.29 bits per heavy atom. The third kappa shape index (κ3) is 4.44. The molecule has 5 heteroatoms. The quantitative estimate of drug-likeness (QED) is 0.824. The van der Waals surface area contributed by atoms with Crippen LogP contribution in [0.4, 0.5) is 0 Å². The highest BCUT2D eigenvalue weighted by Crippen LogP contribution is 2.22. The second kappa shape index (κ2) is 5.14. The minimum absolute atomic E-state index is 0.218. The standard InChI is InChI=1S/C12H23N3O2/c1-6-16-12(4,5)10-14-9(17-15-10)7-8-11(2,3)13/h6-8,13H2,1-5H3. The number of hydrogen-bond donors (Lipinski definition) is 1. The largest absolute Gasteiger partial charge is 0.368 e. The van der Waals surface area contributed by atoms with E-state index >= 15 is 0 Å². The van der Waals surface area contributed by atoms with Crippen LogP contribution in [0, 0.1) is 0 Å². The molecule has 0 saturated carbocycles. The molecule has 98 valence electrons. The number of aryl methyl sites for hydroxylation is 1. The maximum atomic E-state index is 5.91. The summed E-state index contributed by atoms with van der Waals surface area (Å²) < 4.78 is 10.8. The summed E-state index contributed by atoms with van der Waals surface area (Å²) in [6.45, 7) is 10.4. The molecule has 1 aromatic rings. The molecule has 0 spiro atoms. The van der Waals surface area contributed by atoms with E-state index in [1.807, 2.05) is 34.6 Å². The molecule has 1 rings (SSSR count). The Morgan fingerprint density at radius 3 is 2.47 bits per heavy atom. The van der Waals surface area contributed by atoms with Crippen molar-refractivity contribution in [2.75, 3.05) is 6.61 Å². The average molecular weight is 241 g/mol. The van der Waals surface area contributed by atoms with E-state index in [-0.39, 0.29) is 5.54 Å². The molecule has 2 N–H and O–H groups in total. The van der Waals surface area contributed by atoms with E-state index < -0.39 is 5.60 Å². The van der Waals surface area contributed by atoms with Crippen molar-refractivity contribution in [1.82, 2.24) is 10.1 Å². The molecule has 0 saturated heterocycles. The fourth-order valence-corrected chi connectivity index (χ4v) is 1.46. The van der Waals surface area contributed by atoms with Crippen LogP contribution in [0.15, 0.2) is 4.52 Å². The van der Waals surface area contributed by atoms with Crippen LogP contribution in [-0.2, 0) is 16.8 Å². The summed E-state index contributed by atoms with van der Waals surface area (Å²) in [6, 6.07) is 0. The highest BCUT2D eigenvalue weighted by molar-refractivity contribution is 4.98. The first-order valence-electron chi connectivity index (χ1n) is 6.00. The molecule has 0 aliphatic carbocycles. The topological polar surface area (TPSA) is 74.2 Å². The second-order valence-corrected chi connectivity index (χ2v) is 5.44. The lowest BCUT2D eigenvalue weighted by Gasteiger charge is -2.19. The minimum atomic E-state index is -0.505. The molecule has 0 aromatic carbocycles. The summed E-state index contributed by atoms with van der Waals surface area (Å²) in [5.41, 5.74) is 5.19. The first-order chi connectivity index (χ1) is 7.74. The molecule has 0 atom stereocenters. The number of aromatic nitrogens is 2. The number of hydrogen-bond acceptors (Lipinski definition) is 5. The van der Waals surface area contributed by atoms with Crippen molar-refractivity contribution in [3.8, 4) is 0 Å². The van der Waals surface area contributed by atoms with Crippen LogP contribution in [0.3, 0.4) is 0 Å². The first kappa shape index (κ1) is 14.1. The van der Waals surface area contributed by atoms with Gasteiger partial charge in [0.2, 0.25) is 11.7 Å². The van der Waals surface area contributed by atoms with Crippen molar-refractivity contribution in [2.45, 2.75) is 58.6 Å². The van der Waals surface area contributed by atoms with Crippen LogP contribution < -0.4 is 5.73 Å². The smallest absolute Gasteiger partial charge is 0.226 e. The summed E-state index contributed by atoms with van der Waals surface area (Å²) in [5, 5.41) is 3.96. The summed E-state index contributed by atoms with van der Waals surface area (Å²) in [6.07, 6.45) is 1.50. The van der Waals surface area contributed by atoms with Crippen LogP contribution in [0.2, 0.25) is 0 Å². The number of nitrogens with two attached hydrogens (primary N) is 1. The van der Waals surface area contributed by atoms with E-state index in [2.05, 4.69) is 10.1 Å². The van der Waals surface area contributed by atoms with Crippen LogP contribution in [0.5, 0.6) is 0 Å². The van der Waals surface area contributed by atoms with Crippen molar-refractivity contribution in [2.24, 2.45) is 5.73 Å². The monoisotopic (exact) mass is 241 g/mol. The van der Waals surface area contributed by atoms with Crippen molar-refractivity contribution in [3.05, 3.63) is 11.7 Å². The fourth-order valence-electron chi connectivity index (χ4n) is 1.46. The summed E-state index contributed by atoms with van der Waals surface area (Å²) in [7, 11) is 0. The Morgan fingerprint density at radius 2 is 1.94 bits per heavy atom. The Bertz CT molecular complexity index is 353. The van der Waals surface area contributed by atoms with Gasteiger partial charge in [-0.25, -0.2) is 0 Å². The van der Waals surface area contributed by atoms with Crippen molar-refractivity contribution >= 4 is 0 Å². The Kier molecular flexibility index (Phi) is 4.27. The third-order valence-electron chi connectivity index (χ3n) is 2.49. The van der Waals surface area contributed by atoms with Gasteiger partial charge in [-0.3, -0.25) is 0 Å². The number of ether oxygens (including phenoxy) is 1. The fraction of sp³-hybridized carbons (Fsp3) is 0.833. The van der Waals surface area contributed by atoms with Gasteiger partial charge in [0.1, 0.15) is 5.60 Å². The van der Waals surface area contributed by atoms with Crippen LogP contribution in [-0.4, -0.2) is 22.3 Å². The molecule has 0 amide bonds. The first-order valence-corrected chi connectivity index (χ1v) is 6.00. The molecule has 0 aliphatic rings. The minimum Gasteiger partial charge on any atom is -0.368 e. The van der Waals surface area contributed by atoms with Crippen LogP contribution in [0.25, 0.3) is 0 Å². The molecule has 0 radical (unpaired) electrons. The van der Waals surface area contributed by atoms with E-state index in [1.165, 1.54) is 0 Å². The van der Waals surface area contributed by atoms with Crippen LogP contribution >= 0.6 is 0 Å². The van der Waals surface area contributed by atoms with Gasteiger partial charge in [-0.15, -0.1) is 0 Å². The average Bonchev–Trinajstić information content (AvgIpc) is 2.62. The van der Waals surface area contributed by atoms with Gasteiger partial charge in [-0.2, -0.15) is 4.98 Å². The Hall–Kier alpha value is -0.940. The predicted molar refractivity (Wildman–Crippen MR) is 65.5 cm³/mol. The van der Waals surface area contributed by atoms with Crippen LogP contribution in [0.1, 0.15) is 52.8 Å². The van der Waals surface area contributed by atoms with Gasteiger partial charge in [0, 0.05) is 18.6 Å². The molecule has 0 aliphatic heterocycles. The number of rotatable bonds is 6. The Balaban J connectivity index is 2.65. The van der Waals surface area contributed by atoms with Gasteiger partial charge in [0.15, 0.2) is 0 Å². The molecule has 0 fully saturated rings. The molecule has 5 nitrogen and oxygen atoms in total. The lowest BCUT2D eigenvalue weighted by atomic mass is 10.0. The zero-order chi connectivity index (χ0) is 13.1. The molecule has 17 heavy (non-hydrogen) atoms. The predicted octanol–water partition coefficient (Wildman–Crippen LogP) is 2.01. The highest BCUT2D eigenvalue weighted by Gasteiger charge is 2.27. The second-order valence-electron chi connectivity index (χ2n) is 5.44. The van der Waals surface area contributed by atoms with E-state index in [0.717, 1.165) is 6.42 Å². The van der Waals surface area contributed by atoms with Crippen molar-refractivity contribution in [3.63, 3.8) is 0 Å². The number of nitrogens with zero attached hydrogens (tertiary/aromatic N) is 2. The SMILES string of the molecule is CCOC(C)(C)c1noc(CCC(C)(C)N)n1. The zero-order valence-electron chi connectivity index (χ0n) is 11.4. The molecular formula is C12H23N3O2. The van der Waals surface area contributed by atoms with Gasteiger partial charge < -0.3 is 15.0 Å². The van der Waals surface area contributed by atoms with E-state index in [4.69, 9.17) is 15.0 Å². The zero-order valence-corrected chi connectivity index (χ0v) is 11.4. The molecular weight excluding hydrogens is 218 g/mol. The lowest BCUT2D eigenvalue weighted by molar-refractivity contribution is -0.0221.